The van der Waals surface area contributed by atoms with Crippen LogP contribution in [0.15, 0.2) is 60.7 Å². The summed E-state index contributed by atoms with van der Waals surface area (Å²) in [5, 5.41) is 3.27. The minimum absolute atomic E-state index is 0. The normalized spacial score (nSPS) is 16.3. The second-order valence-corrected chi connectivity index (χ2v) is 7.50. The van der Waals surface area contributed by atoms with E-state index in [2.05, 4.69) is 50.7 Å². The number of benzene rings is 2. The number of halogens is 1. The van der Waals surface area contributed by atoms with Gasteiger partial charge in [0.05, 0.1) is 40.8 Å². The fraction of sp³-hybridized carbons (Fsp3) is 0.350. The molecule has 4 nitrogen and oxygen atoms in total. The number of hydrogen-bond acceptors (Lipinski definition) is 1. The summed E-state index contributed by atoms with van der Waals surface area (Å²) in [4.78, 5) is 14.6. The molecular formula is C20H26IN3O. The second-order valence-electron chi connectivity index (χ2n) is 7.50. The Morgan fingerprint density at radius 3 is 1.88 bits per heavy atom. The quantitative estimate of drug-likeness (QED) is 0.490. The highest BCUT2D eigenvalue weighted by atomic mass is 127. The summed E-state index contributed by atoms with van der Waals surface area (Å²) in [5.41, 5.74) is 1.76. The van der Waals surface area contributed by atoms with Gasteiger partial charge in [0, 0.05) is 0 Å². The molecule has 1 aliphatic rings. The predicted molar refractivity (Wildman–Crippen MR) is 96.7 cm³/mol. The first-order valence-electron chi connectivity index (χ1n) is 8.39. The third kappa shape index (κ3) is 4.33. The Hall–Kier alpha value is -1.60. The molecule has 0 unspecified atom stereocenters. The van der Waals surface area contributed by atoms with Crippen molar-refractivity contribution in [1.82, 2.24) is 10.2 Å². The highest BCUT2D eigenvalue weighted by Crippen LogP contribution is 2.34. The van der Waals surface area contributed by atoms with E-state index in [0.717, 1.165) is 28.7 Å². The topological polar surface area (TPSA) is 32.3 Å². The number of quaternary nitrogens is 1. The first kappa shape index (κ1) is 19.7. The predicted octanol–water partition coefficient (Wildman–Crippen LogP) is -0.334. The molecule has 0 spiro atoms. The number of nitrogens with zero attached hydrogens (tertiary/aromatic N) is 2. The number of hydrogen-bond donors (Lipinski definition) is 1. The van der Waals surface area contributed by atoms with Gasteiger partial charge in [-0.25, -0.2) is 4.79 Å². The summed E-state index contributed by atoms with van der Waals surface area (Å²) in [7, 11) is 6.45. The van der Waals surface area contributed by atoms with E-state index in [1.54, 1.807) is 0 Å². The highest BCUT2D eigenvalue weighted by molar-refractivity contribution is 5.79. The number of likely N-dealkylation sites (N-methyl/N-ethyl adjacent to an activating group) is 1. The summed E-state index contributed by atoms with van der Waals surface area (Å²) >= 11 is 0. The van der Waals surface area contributed by atoms with Gasteiger partial charge in [-0.2, -0.15) is 0 Å². The lowest BCUT2D eigenvalue weighted by Gasteiger charge is -2.31. The van der Waals surface area contributed by atoms with Crippen molar-refractivity contribution in [3.05, 3.63) is 71.8 Å². The number of carbonyl (C=O) groups excluding carboxylic acids is 1. The van der Waals surface area contributed by atoms with E-state index >= 15 is 0 Å². The van der Waals surface area contributed by atoms with Gasteiger partial charge in [-0.05, 0) is 11.1 Å². The molecule has 25 heavy (non-hydrogen) atoms. The van der Waals surface area contributed by atoms with Gasteiger partial charge in [-0.15, -0.1) is 0 Å². The molecule has 2 aromatic carbocycles. The zero-order chi connectivity index (χ0) is 17.2. The Bertz CT molecular complexity index is 658. The summed E-state index contributed by atoms with van der Waals surface area (Å²) in [6.07, 6.45) is 0. The van der Waals surface area contributed by atoms with Crippen LogP contribution in [0, 0.1) is 0 Å². The van der Waals surface area contributed by atoms with Crippen molar-refractivity contribution in [3.63, 3.8) is 0 Å². The molecule has 0 aromatic heterocycles. The average molecular weight is 451 g/mol. The lowest BCUT2D eigenvalue weighted by Crippen LogP contribution is -3.00. The van der Waals surface area contributed by atoms with Gasteiger partial charge >= 0.3 is 6.03 Å². The monoisotopic (exact) mass is 451 g/mol. The standard InChI is InChI=1S/C20H25N3O.HI/c1-23(2,3)15-14-22-16-20(21-19(22)24,17-10-6-4-7-11-17)18-12-8-5-9-13-18;/h4-13H,14-16H2,1-3H3;1H. The van der Waals surface area contributed by atoms with Gasteiger partial charge in [0.1, 0.15) is 5.54 Å². The fourth-order valence-corrected chi connectivity index (χ4v) is 3.20. The maximum Gasteiger partial charge on any atom is 0.318 e. The fourth-order valence-electron chi connectivity index (χ4n) is 3.20. The Kier molecular flexibility index (Phi) is 6.11. The van der Waals surface area contributed by atoms with Crippen LogP contribution in [0.1, 0.15) is 11.1 Å². The van der Waals surface area contributed by atoms with E-state index in [4.69, 9.17) is 0 Å². The van der Waals surface area contributed by atoms with E-state index < -0.39 is 5.54 Å². The molecule has 0 radical (unpaired) electrons. The lowest BCUT2D eigenvalue weighted by atomic mass is 9.83. The maximum absolute atomic E-state index is 12.7. The van der Waals surface area contributed by atoms with Crippen LogP contribution in [0.4, 0.5) is 4.79 Å². The number of nitrogens with one attached hydrogen (secondary N) is 1. The highest BCUT2D eigenvalue weighted by Gasteiger charge is 2.45. The van der Waals surface area contributed by atoms with E-state index in [1.165, 1.54) is 0 Å². The zero-order valence-corrected chi connectivity index (χ0v) is 17.2. The van der Waals surface area contributed by atoms with Gasteiger partial charge in [0.25, 0.3) is 0 Å². The van der Waals surface area contributed by atoms with Gasteiger partial charge in [0.2, 0.25) is 0 Å². The molecular weight excluding hydrogens is 425 g/mol. The molecule has 0 aliphatic carbocycles. The van der Waals surface area contributed by atoms with Crippen LogP contribution in [-0.2, 0) is 5.54 Å². The van der Waals surface area contributed by atoms with Gasteiger partial charge in [-0.1, -0.05) is 60.7 Å². The Morgan fingerprint density at radius 2 is 1.44 bits per heavy atom. The van der Waals surface area contributed by atoms with E-state index in [0.29, 0.717) is 6.54 Å². The largest absolute Gasteiger partial charge is 1.00 e. The summed E-state index contributed by atoms with van der Waals surface area (Å²) in [6.45, 7) is 2.32. The van der Waals surface area contributed by atoms with Crippen molar-refractivity contribution in [1.29, 1.82) is 0 Å². The zero-order valence-electron chi connectivity index (χ0n) is 15.1. The molecule has 1 saturated heterocycles. The molecule has 1 fully saturated rings. The van der Waals surface area contributed by atoms with E-state index in [9.17, 15) is 4.79 Å². The van der Waals surface area contributed by atoms with Gasteiger partial charge < -0.3 is 38.7 Å². The second kappa shape index (κ2) is 7.74. The molecule has 0 bridgehead atoms. The van der Waals surface area contributed by atoms with E-state index in [-0.39, 0.29) is 30.0 Å². The molecule has 1 N–H and O–H groups in total. The average Bonchev–Trinajstić information content (AvgIpc) is 2.92. The Balaban J connectivity index is 0.00000225. The van der Waals surface area contributed by atoms with Gasteiger partial charge in [0.15, 0.2) is 0 Å². The van der Waals surface area contributed by atoms with Crippen LogP contribution in [0.2, 0.25) is 0 Å². The molecule has 0 saturated carbocycles. The molecule has 1 aliphatic heterocycles. The maximum atomic E-state index is 12.7. The summed E-state index contributed by atoms with van der Waals surface area (Å²) in [5.74, 6) is 0. The van der Waals surface area contributed by atoms with Crippen LogP contribution < -0.4 is 29.3 Å². The minimum atomic E-state index is -0.482. The molecule has 0 atom stereocenters. The van der Waals surface area contributed by atoms with Crippen molar-refractivity contribution in [2.75, 3.05) is 40.8 Å². The van der Waals surface area contributed by atoms with E-state index in [1.807, 2.05) is 41.3 Å². The molecule has 1 heterocycles. The Morgan fingerprint density at radius 1 is 0.960 bits per heavy atom. The summed E-state index contributed by atoms with van der Waals surface area (Å²) in [6, 6.07) is 20.5. The summed E-state index contributed by atoms with van der Waals surface area (Å²) < 4.78 is 0.841. The number of carbonyl (C=O) groups is 1. The van der Waals surface area contributed by atoms with Crippen molar-refractivity contribution in [2.24, 2.45) is 0 Å². The number of urea groups is 1. The van der Waals surface area contributed by atoms with Crippen LogP contribution in [0.3, 0.4) is 0 Å². The molecule has 3 rings (SSSR count). The van der Waals surface area contributed by atoms with Crippen molar-refractivity contribution >= 4 is 6.03 Å². The number of rotatable bonds is 5. The van der Waals surface area contributed by atoms with Crippen LogP contribution >= 0.6 is 0 Å². The third-order valence-electron chi connectivity index (χ3n) is 4.61. The van der Waals surface area contributed by atoms with Crippen molar-refractivity contribution in [3.8, 4) is 0 Å². The molecule has 5 heteroatoms. The molecule has 134 valence electrons. The molecule has 2 amide bonds. The minimum Gasteiger partial charge on any atom is -1.00 e. The first-order valence-corrected chi connectivity index (χ1v) is 8.39. The van der Waals surface area contributed by atoms with Crippen LogP contribution in [0.25, 0.3) is 0 Å². The lowest BCUT2D eigenvalue weighted by molar-refractivity contribution is -0.869. The Labute approximate surface area is 167 Å². The van der Waals surface area contributed by atoms with Crippen LogP contribution in [0.5, 0.6) is 0 Å². The van der Waals surface area contributed by atoms with Crippen molar-refractivity contribution in [2.45, 2.75) is 5.54 Å². The first-order chi connectivity index (χ1) is 11.4. The molecule has 2 aromatic rings. The smallest absolute Gasteiger partial charge is 0.318 e. The van der Waals surface area contributed by atoms with Crippen molar-refractivity contribution < 1.29 is 33.3 Å². The third-order valence-corrected chi connectivity index (χ3v) is 4.61. The number of amides is 2. The SMILES string of the molecule is C[N+](C)(C)CCN1CC(c2ccccc2)(c2ccccc2)NC1=O.[I-]. The van der Waals surface area contributed by atoms with Crippen LogP contribution in [-0.4, -0.2) is 56.2 Å². The van der Waals surface area contributed by atoms with Gasteiger partial charge in [-0.3, -0.25) is 0 Å².